The first kappa shape index (κ1) is 12.0. The lowest BCUT2D eigenvalue weighted by Crippen LogP contribution is -2.32. The van der Waals surface area contributed by atoms with Gasteiger partial charge in [-0.1, -0.05) is 12.1 Å². The standard InChI is InChI=1S/C12H12F3NO/c1-8(17)16-11(6-7-11)9-2-4-10(5-3-9)12(13,14)15/h2-5H,6-7H2,1H3,(H,16,17). The highest BCUT2D eigenvalue weighted by Crippen LogP contribution is 2.45. The maximum absolute atomic E-state index is 12.4. The number of amides is 1. The number of halogens is 3. The lowest BCUT2D eigenvalue weighted by atomic mass is 10.0. The van der Waals surface area contributed by atoms with Gasteiger partial charge in [0.2, 0.25) is 5.91 Å². The molecule has 2 rings (SSSR count). The Bertz CT molecular complexity index is 432. The Labute approximate surface area is 96.8 Å². The van der Waals surface area contributed by atoms with Crippen LogP contribution in [0.2, 0.25) is 0 Å². The van der Waals surface area contributed by atoms with Crippen molar-refractivity contribution < 1.29 is 18.0 Å². The van der Waals surface area contributed by atoms with Gasteiger partial charge in [0, 0.05) is 6.92 Å². The van der Waals surface area contributed by atoms with E-state index in [1.54, 1.807) is 0 Å². The number of carbonyl (C=O) groups is 1. The van der Waals surface area contributed by atoms with E-state index in [0.717, 1.165) is 30.5 Å². The summed E-state index contributed by atoms with van der Waals surface area (Å²) in [6.45, 7) is 1.41. The minimum absolute atomic E-state index is 0.164. The number of hydrogen-bond donors (Lipinski definition) is 1. The smallest absolute Gasteiger partial charge is 0.347 e. The van der Waals surface area contributed by atoms with Crippen LogP contribution in [-0.4, -0.2) is 5.91 Å². The van der Waals surface area contributed by atoms with Gasteiger partial charge in [0.05, 0.1) is 11.1 Å². The topological polar surface area (TPSA) is 29.1 Å². The highest BCUT2D eigenvalue weighted by atomic mass is 19.4. The summed E-state index contributed by atoms with van der Waals surface area (Å²) >= 11 is 0. The highest BCUT2D eigenvalue weighted by Gasteiger charge is 2.45. The molecule has 1 saturated carbocycles. The normalized spacial score (nSPS) is 17.6. The molecular weight excluding hydrogens is 231 g/mol. The Morgan fingerprint density at radius 3 is 2.12 bits per heavy atom. The largest absolute Gasteiger partial charge is 0.416 e. The summed E-state index contributed by atoms with van der Waals surface area (Å²) in [5.41, 5.74) is -0.365. The third-order valence-electron chi connectivity index (χ3n) is 2.93. The van der Waals surface area contributed by atoms with Crippen molar-refractivity contribution in [1.29, 1.82) is 0 Å². The van der Waals surface area contributed by atoms with Crippen molar-refractivity contribution in [3.8, 4) is 0 Å². The van der Waals surface area contributed by atoms with Crippen LogP contribution in [0, 0.1) is 0 Å². The van der Waals surface area contributed by atoms with E-state index >= 15 is 0 Å². The predicted octanol–water partition coefficient (Wildman–Crippen LogP) is 2.83. The molecule has 1 fully saturated rings. The molecular formula is C12H12F3NO. The number of rotatable bonds is 2. The van der Waals surface area contributed by atoms with E-state index in [4.69, 9.17) is 0 Å². The van der Waals surface area contributed by atoms with Crippen LogP contribution in [0.3, 0.4) is 0 Å². The zero-order valence-corrected chi connectivity index (χ0v) is 9.27. The highest BCUT2D eigenvalue weighted by molar-refractivity contribution is 5.74. The van der Waals surface area contributed by atoms with Gasteiger partial charge in [-0.15, -0.1) is 0 Å². The van der Waals surface area contributed by atoms with Crippen LogP contribution in [0.15, 0.2) is 24.3 Å². The molecule has 5 heteroatoms. The van der Waals surface area contributed by atoms with Crippen molar-refractivity contribution in [2.24, 2.45) is 0 Å². The van der Waals surface area contributed by atoms with Gasteiger partial charge in [0.25, 0.3) is 0 Å². The van der Waals surface area contributed by atoms with E-state index in [2.05, 4.69) is 5.32 Å². The number of nitrogens with one attached hydrogen (secondary N) is 1. The van der Waals surface area contributed by atoms with E-state index < -0.39 is 17.3 Å². The van der Waals surface area contributed by atoms with E-state index in [-0.39, 0.29) is 5.91 Å². The van der Waals surface area contributed by atoms with E-state index in [9.17, 15) is 18.0 Å². The summed E-state index contributed by atoms with van der Waals surface area (Å²) in [6.07, 6.45) is -2.76. The van der Waals surface area contributed by atoms with Crippen LogP contribution in [-0.2, 0) is 16.5 Å². The molecule has 0 heterocycles. The van der Waals surface area contributed by atoms with Crippen LogP contribution >= 0.6 is 0 Å². The Hall–Kier alpha value is -1.52. The summed E-state index contributed by atoms with van der Waals surface area (Å²) in [5, 5.41) is 2.78. The van der Waals surface area contributed by atoms with Crippen LogP contribution in [0.1, 0.15) is 30.9 Å². The molecule has 0 aliphatic heterocycles. The fourth-order valence-corrected chi connectivity index (χ4v) is 1.93. The Kier molecular flexibility index (Phi) is 2.64. The lowest BCUT2D eigenvalue weighted by Gasteiger charge is -2.17. The fourth-order valence-electron chi connectivity index (χ4n) is 1.93. The van der Waals surface area contributed by atoms with Crippen molar-refractivity contribution in [3.05, 3.63) is 35.4 Å². The number of alkyl halides is 3. The van der Waals surface area contributed by atoms with Gasteiger partial charge in [0.15, 0.2) is 0 Å². The first-order valence-corrected chi connectivity index (χ1v) is 5.30. The van der Waals surface area contributed by atoms with Crippen LogP contribution in [0.5, 0.6) is 0 Å². The van der Waals surface area contributed by atoms with Crippen LogP contribution in [0.25, 0.3) is 0 Å². The number of carbonyl (C=O) groups excluding carboxylic acids is 1. The van der Waals surface area contributed by atoms with Crippen molar-refractivity contribution in [3.63, 3.8) is 0 Å². The second-order valence-electron chi connectivity index (χ2n) is 4.34. The molecule has 0 unspecified atom stereocenters. The van der Waals surface area contributed by atoms with E-state index in [1.165, 1.54) is 19.1 Å². The molecule has 1 aliphatic carbocycles. The first-order valence-electron chi connectivity index (χ1n) is 5.30. The van der Waals surface area contributed by atoms with Gasteiger partial charge in [-0.3, -0.25) is 4.79 Å². The molecule has 0 saturated heterocycles. The fraction of sp³-hybridized carbons (Fsp3) is 0.417. The maximum Gasteiger partial charge on any atom is 0.416 e. The minimum Gasteiger partial charge on any atom is -0.347 e. The first-order chi connectivity index (χ1) is 7.83. The molecule has 1 aromatic rings. The Balaban J connectivity index is 2.22. The zero-order chi connectivity index (χ0) is 12.7. The quantitative estimate of drug-likeness (QED) is 0.850. The third-order valence-corrected chi connectivity index (χ3v) is 2.93. The molecule has 2 nitrogen and oxygen atoms in total. The molecule has 0 radical (unpaired) electrons. The summed E-state index contributed by atoms with van der Waals surface area (Å²) in [7, 11) is 0. The third kappa shape index (κ3) is 2.43. The lowest BCUT2D eigenvalue weighted by molar-refractivity contribution is -0.137. The molecule has 0 bridgehead atoms. The zero-order valence-electron chi connectivity index (χ0n) is 9.27. The summed E-state index contributed by atoms with van der Waals surface area (Å²) < 4.78 is 37.1. The Morgan fingerprint density at radius 1 is 1.24 bits per heavy atom. The monoisotopic (exact) mass is 243 g/mol. The molecule has 1 amide bonds. The van der Waals surface area contributed by atoms with Crippen molar-refractivity contribution in [2.45, 2.75) is 31.5 Å². The van der Waals surface area contributed by atoms with Gasteiger partial charge < -0.3 is 5.32 Å². The van der Waals surface area contributed by atoms with Gasteiger partial charge in [0.1, 0.15) is 0 Å². The predicted molar refractivity (Wildman–Crippen MR) is 56.2 cm³/mol. The molecule has 0 atom stereocenters. The molecule has 17 heavy (non-hydrogen) atoms. The molecule has 92 valence electrons. The molecule has 1 aromatic carbocycles. The van der Waals surface area contributed by atoms with E-state index in [1.807, 2.05) is 0 Å². The molecule has 0 spiro atoms. The second kappa shape index (κ2) is 3.75. The average Bonchev–Trinajstić information content (AvgIpc) is 2.97. The van der Waals surface area contributed by atoms with Crippen molar-refractivity contribution >= 4 is 5.91 Å². The summed E-state index contributed by atoms with van der Waals surface area (Å²) in [4.78, 5) is 11.0. The minimum atomic E-state index is -4.32. The molecule has 1 aliphatic rings. The van der Waals surface area contributed by atoms with Crippen LogP contribution in [0.4, 0.5) is 13.2 Å². The number of hydrogen-bond acceptors (Lipinski definition) is 1. The number of benzene rings is 1. The molecule has 1 N–H and O–H groups in total. The van der Waals surface area contributed by atoms with Gasteiger partial charge in [-0.05, 0) is 30.5 Å². The van der Waals surface area contributed by atoms with Gasteiger partial charge in [-0.2, -0.15) is 13.2 Å². The summed E-state index contributed by atoms with van der Waals surface area (Å²) in [6, 6.07) is 4.98. The maximum atomic E-state index is 12.4. The molecule has 0 aromatic heterocycles. The van der Waals surface area contributed by atoms with E-state index in [0.29, 0.717) is 0 Å². The van der Waals surface area contributed by atoms with Crippen molar-refractivity contribution in [2.75, 3.05) is 0 Å². The van der Waals surface area contributed by atoms with Crippen LogP contribution < -0.4 is 5.32 Å². The van der Waals surface area contributed by atoms with Gasteiger partial charge in [-0.25, -0.2) is 0 Å². The summed E-state index contributed by atoms with van der Waals surface area (Å²) in [5.74, 6) is -0.164. The second-order valence-corrected chi connectivity index (χ2v) is 4.34. The SMILES string of the molecule is CC(=O)NC1(c2ccc(C(F)(F)F)cc2)CC1. The van der Waals surface area contributed by atoms with Crippen molar-refractivity contribution in [1.82, 2.24) is 5.32 Å². The Morgan fingerprint density at radius 2 is 1.76 bits per heavy atom. The average molecular weight is 243 g/mol. The van der Waals surface area contributed by atoms with Gasteiger partial charge >= 0.3 is 6.18 Å².